The van der Waals surface area contributed by atoms with Crippen molar-refractivity contribution in [1.29, 1.82) is 0 Å². The van der Waals surface area contributed by atoms with Crippen LogP contribution in [0, 0.1) is 5.92 Å². The zero-order valence-electron chi connectivity index (χ0n) is 11.5. The number of rotatable bonds is 3. The number of imidazole rings is 1. The number of aliphatic hydroxyl groups excluding tert-OH is 1. The first-order valence-corrected chi connectivity index (χ1v) is 7.86. The molecule has 1 saturated carbocycles. The molecule has 0 atom stereocenters. The molecule has 0 saturated heterocycles. The molecule has 1 fully saturated rings. The van der Waals surface area contributed by atoms with Gasteiger partial charge in [0.05, 0.1) is 12.3 Å². The predicted octanol–water partition coefficient (Wildman–Crippen LogP) is 2.90. The van der Waals surface area contributed by atoms with E-state index < -0.39 is 0 Å². The molecule has 3 rings (SSSR count). The summed E-state index contributed by atoms with van der Waals surface area (Å²) < 4.78 is 2.00. The van der Waals surface area contributed by atoms with E-state index in [0.717, 1.165) is 22.4 Å². The van der Waals surface area contributed by atoms with Gasteiger partial charge in [-0.3, -0.25) is 4.40 Å². The Bertz CT molecular complexity index is 554. The molecule has 1 aliphatic carbocycles. The second-order valence-corrected chi connectivity index (χ2v) is 6.49. The van der Waals surface area contributed by atoms with Gasteiger partial charge in [-0.15, -0.1) is 11.3 Å². The number of aromatic nitrogens is 2. The summed E-state index contributed by atoms with van der Waals surface area (Å²) in [4.78, 5) is 7.93. The van der Waals surface area contributed by atoms with Crippen LogP contribution in [0.5, 0.6) is 0 Å². The predicted molar refractivity (Wildman–Crippen MR) is 78.8 cm³/mol. The minimum atomic E-state index is 0.0424. The average Bonchev–Trinajstić information content (AvgIpc) is 2.98. The molecule has 0 bridgehead atoms. The number of hydrogen-bond donors (Lipinski definition) is 1. The molecule has 104 valence electrons. The molecule has 0 amide bonds. The third kappa shape index (κ3) is 2.25. The molecule has 4 nitrogen and oxygen atoms in total. The SMILES string of the molecule is CC1CCC(N(C)c2nc3sccn3c2CO)CC1. The zero-order chi connectivity index (χ0) is 13.4. The fourth-order valence-electron chi connectivity index (χ4n) is 3.05. The van der Waals surface area contributed by atoms with Crippen molar-refractivity contribution in [3.63, 3.8) is 0 Å². The number of aliphatic hydroxyl groups is 1. The van der Waals surface area contributed by atoms with E-state index >= 15 is 0 Å². The summed E-state index contributed by atoms with van der Waals surface area (Å²) in [6.45, 7) is 2.38. The van der Waals surface area contributed by atoms with E-state index in [2.05, 4.69) is 23.9 Å². The van der Waals surface area contributed by atoms with Gasteiger partial charge in [-0.05, 0) is 31.6 Å². The van der Waals surface area contributed by atoms with Gasteiger partial charge in [-0.25, -0.2) is 4.98 Å². The maximum absolute atomic E-state index is 9.63. The van der Waals surface area contributed by atoms with Crippen LogP contribution in [0.3, 0.4) is 0 Å². The van der Waals surface area contributed by atoms with Crippen molar-refractivity contribution >= 4 is 22.1 Å². The van der Waals surface area contributed by atoms with E-state index in [1.165, 1.54) is 25.7 Å². The molecule has 2 heterocycles. The Labute approximate surface area is 117 Å². The second kappa shape index (κ2) is 5.13. The van der Waals surface area contributed by atoms with Crippen molar-refractivity contribution in [2.24, 2.45) is 5.92 Å². The van der Waals surface area contributed by atoms with Crippen LogP contribution >= 0.6 is 11.3 Å². The van der Waals surface area contributed by atoms with Crippen molar-refractivity contribution in [2.45, 2.75) is 45.3 Å². The lowest BCUT2D eigenvalue weighted by atomic mass is 9.87. The van der Waals surface area contributed by atoms with Crippen molar-refractivity contribution < 1.29 is 5.11 Å². The molecule has 0 aromatic carbocycles. The van der Waals surface area contributed by atoms with Crippen LogP contribution in [0.1, 0.15) is 38.3 Å². The smallest absolute Gasteiger partial charge is 0.195 e. The Hall–Kier alpha value is -1.07. The van der Waals surface area contributed by atoms with E-state index in [4.69, 9.17) is 0 Å². The Morgan fingerprint density at radius 3 is 2.84 bits per heavy atom. The molecular formula is C14H21N3OS. The summed E-state index contributed by atoms with van der Waals surface area (Å²) in [5.74, 6) is 1.81. The molecular weight excluding hydrogens is 258 g/mol. The molecule has 2 aromatic heterocycles. The molecule has 1 aliphatic rings. The summed E-state index contributed by atoms with van der Waals surface area (Å²) in [6.07, 6.45) is 7.04. The topological polar surface area (TPSA) is 40.8 Å². The fraction of sp³-hybridized carbons (Fsp3) is 0.643. The van der Waals surface area contributed by atoms with Gasteiger partial charge in [0.2, 0.25) is 0 Å². The first kappa shape index (κ1) is 12.9. The molecule has 5 heteroatoms. The standard InChI is InChI=1S/C14H21N3OS/c1-10-3-5-11(6-4-10)16(2)13-12(9-18)17-7-8-19-14(17)15-13/h7-8,10-11,18H,3-6,9H2,1-2H3. The first-order chi connectivity index (χ1) is 9.20. The van der Waals surface area contributed by atoms with Crippen LogP contribution in [-0.2, 0) is 6.61 Å². The summed E-state index contributed by atoms with van der Waals surface area (Å²) >= 11 is 1.62. The molecule has 19 heavy (non-hydrogen) atoms. The highest BCUT2D eigenvalue weighted by Crippen LogP contribution is 2.31. The van der Waals surface area contributed by atoms with Crippen LogP contribution in [-0.4, -0.2) is 27.6 Å². The van der Waals surface area contributed by atoms with Gasteiger partial charge < -0.3 is 10.0 Å². The molecule has 0 unspecified atom stereocenters. The van der Waals surface area contributed by atoms with E-state index in [0.29, 0.717) is 6.04 Å². The largest absolute Gasteiger partial charge is 0.390 e. The van der Waals surface area contributed by atoms with Crippen LogP contribution in [0.25, 0.3) is 4.96 Å². The quantitative estimate of drug-likeness (QED) is 0.939. The summed E-state index contributed by atoms with van der Waals surface area (Å²) in [6, 6.07) is 0.561. The van der Waals surface area contributed by atoms with Crippen LogP contribution in [0.4, 0.5) is 5.82 Å². The first-order valence-electron chi connectivity index (χ1n) is 6.98. The number of hydrogen-bond acceptors (Lipinski definition) is 4. The monoisotopic (exact) mass is 279 g/mol. The minimum absolute atomic E-state index is 0.0424. The lowest BCUT2D eigenvalue weighted by Crippen LogP contribution is -2.35. The second-order valence-electron chi connectivity index (χ2n) is 5.62. The number of anilines is 1. The van der Waals surface area contributed by atoms with Crippen LogP contribution in [0.2, 0.25) is 0 Å². The van der Waals surface area contributed by atoms with Gasteiger partial charge in [-0.1, -0.05) is 6.92 Å². The number of thiazole rings is 1. The normalized spacial score (nSPS) is 23.9. The highest BCUT2D eigenvalue weighted by molar-refractivity contribution is 7.15. The highest BCUT2D eigenvalue weighted by atomic mass is 32.1. The lowest BCUT2D eigenvalue weighted by molar-refractivity contribution is 0.275. The van der Waals surface area contributed by atoms with Crippen molar-refractivity contribution in [1.82, 2.24) is 9.38 Å². The van der Waals surface area contributed by atoms with Gasteiger partial charge in [0.25, 0.3) is 0 Å². The third-order valence-corrected chi connectivity index (χ3v) is 5.11. The summed E-state index contributed by atoms with van der Waals surface area (Å²) in [7, 11) is 2.12. The Balaban J connectivity index is 1.88. The van der Waals surface area contributed by atoms with Gasteiger partial charge in [0.15, 0.2) is 10.8 Å². The molecule has 1 N–H and O–H groups in total. The molecule has 0 spiro atoms. The molecule has 0 aliphatic heterocycles. The Kier molecular flexibility index (Phi) is 3.50. The van der Waals surface area contributed by atoms with Crippen molar-refractivity contribution in [2.75, 3.05) is 11.9 Å². The maximum Gasteiger partial charge on any atom is 0.195 e. The van der Waals surface area contributed by atoms with Crippen molar-refractivity contribution in [3.05, 3.63) is 17.3 Å². The average molecular weight is 279 g/mol. The van der Waals surface area contributed by atoms with Gasteiger partial charge in [0.1, 0.15) is 0 Å². The zero-order valence-corrected chi connectivity index (χ0v) is 12.4. The van der Waals surface area contributed by atoms with Gasteiger partial charge in [0, 0.05) is 24.7 Å². The summed E-state index contributed by atoms with van der Waals surface area (Å²) in [5, 5.41) is 11.6. The van der Waals surface area contributed by atoms with E-state index in [9.17, 15) is 5.11 Å². The fourth-order valence-corrected chi connectivity index (χ4v) is 3.78. The summed E-state index contributed by atoms with van der Waals surface area (Å²) in [5.41, 5.74) is 0.914. The molecule has 2 aromatic rings. The van der Waals surface area contributed by atoms with E-state index in [1.54, 1.807) is 11.3 Å². The van der Waals surface area contributed by atoms with Crippen LogP contribution in [0.15, 0.2) is 11.6 Å². The van der Waals surface area contributed by atoms with Gasteiger partial charge in [-0.2, -0.15) is 0 Å². The maximum atomic E-state index is 9.63. The minimum Gasteiger partial charge on any atom is -0.390 e. The van der Waals surface area contributed by atoms with Crippen molar-refractivity contribution in [3.8, 4) is 0 Å². The lowest BCUT2D eigenvalue weighted by Gasteiger charge is -2.34. The van der Waals surface area contributed by atoms with E-state index in [-0.39, 0.29) is 6.61 Å². The van der Waals surface area contributed by atoms with Crippen LogP contribution < -0.4 is 4.90 Å². The number of nitrogens with zero attached hydrogens (tertiary/aromatic N) is 3. The highest BCUT2D eigenvalue weighted by Gasteiger charge is 2.25. The Morgan fingerprint density at radius 2 is 2.16 bits per heavy atom. The van der Waals surface area contributed by atoms with E-state index in [1.807, 2.05) is 16.0 Å². The third-order valence-electron chi connectivity index (χ3n) is 4.36. The number of fused-ring (bicyclic) bond motifs is 1. The Morgan fingerprint density at radius 1 is 1.42 bits per heavy atom. The van der Waals surface area contributed by atoms with Gasteiger partial charge >= 0.3 is 0 Å². The molecule has 0 radical (unpaired) electrons.